The second kappa shape index (κ2) is 8.17. The van der Waals surface area contributed by atoms with Gasteiger partial charge in [-0.05, 0) is 50.2 Å². The fraction of sp³-hybridized carbons (Fsp3) is 0.273. The van der Waals surface area contributed by atoms with Gasteiger partial charge in [0, 0.05) is 13.0 Å². The summed E-state index contributed by atoms with van der Waals surface area (Å²) >= 11 is 0. The average Bonchev–Trinajstić information content (AvgIpc) is 3.36. The van der Waals surface area contributed by atoms with Crippen LogP contribution < -0.4 is 16.1 Å². The van der Waals surface area contributed by atoms with E-state index < -0.39 is 23.7 Å². The maximum absolute atomic E-state index is 13.3. The molecule has 2 amide bonds. The molecule has 0 aliphatic carbocycles. The number of hydrazone groups is 1. The third-order valence-corrected chi connectivity index (χ3v) is 5.33. The number of hydrogen-bond donors (Lipinski definition) is 2. The average molecular weight is 422 g/mol. The predicted molar refractivity (Wildman–Crippen MR) is 116 cm³/mol. The Morgan fingerprint density at radius 2 is 1.94 bits per heavy atom. The van der Waals surface area contributed by atoms with E-state index in [9.17, 15) is 14.0 Å². The molecule has 0 radical (unpaired) electrons. The molecule has 4 rings (SSSR count). The second-order valence-electron chi connectivity index (χ2n) is 7.39. The summed E-state index contributed by atoms with van der Waals surface area (Å²) in [5.41, 5.74) is 8.03. The van der Waals surface area contributed by atoms with Crippen molar-refractivity contribution in [2.45, 2.75) is 38.9 Å². The molecule has 2 heterocycles. The van der Waals surface area contributed by atoms with Crippen LogP contribution in [-0.4, -0.2) is 33.1 Å². The maximum Gasteiger partial charge on any atom is 0.268 e. The van der Waals surface area contributed by atoms with Crippen molar-refractivity contribution in [3.8, 4) is 0 Å². The zero-order valence-electron chi connectivity index (χ0n) is 17.2. The number of halogens is 1. The Morgan fingerprint density at radius 3 is 2.61 bits per heavy atom. The van der Waals surface area contributed by atoms with E-state index in [-0.39, 0.29) is 18.2 Å². The Labute approximate surface area is 178 Å². The standard InChI is InChI=1S/C22H23FN6O2/c1-3-28-18-7-5-4-6-16(18)26-21(28)13(2)25-22(31)17-12-19(20(24)30)29(27-17)15-10-8-14(23)9-11-15/h4-11,13,19H,3,12H2,1-2H3,(H2,24,30)(H,25,31). The Balaban J connectivity index is 1.57. The van der Waals surface area contributed by atoms with E-state index >= 15 is 0 Å². The zero-order valence-corrected chi connectivity index (χ0v) is 17.2. The normalized spacial score (nSPS) is 16.9. The fourth-order valence-electron chi connectivity index (χ4n) is 3.80. The maximum atomic E-state index is 13.3. The van der Waals surface area contributed by atoms with E-state index in [0.29, 0.717) is 12.2 Å². The minimum atomic E-state index is -0.818. The molecule has 1 aliphatic rings. The van der Waals surface area contributed by atoms with E-state index in [1.54, 1.807) is 0 Å². The van der Waals surface area contributed by atoms with Gasteiger partial charge in [-0.1, -0.05) is 12.1 Å². The van der Waals surface area contributed by atoms with Crippen molar-refractivity contribution >= 4 is 34.2 Å². The number of carbonyl (C=O) groups excluding carboxylic acids is 2. The number of primary amides is 1. The summed E-state index contributed by atoms with van der Waals surface area (Å²) in [5, 5.41) is 8.60. The van der Waals surface area contributed by atoms with E-state index in [4.69, 9.17) is 5.73 Å². The molecule has 0 saturated carbocycles. The summed E-state index contributed by atoms with van der Waals surface area (Å²) in [7, 11) is 0. The van der Waals surface area contributed by atoms with Gasteiger partial charge in [0.1, 0.15) is 23.4 Å². The lowest BCUT2D eigenvalue weighted by Crippen LogP contribution is -2.40. The van der Waals surface area contributed by atoms with Crippen LogP contribution in [0.3, 0.4) is 0 Å². The molecule has 0 fully saturated rings. The fourth-order valence-corrected chi connectivity index (χ4v) is 3.80. The van der Waals surface area contributed by atoms with Crippen molar-refractivity contribution in [2.75, 3.05) is 5.01 Å². The number of imidazole rings is 1. The van der Waals surface area contributed by atoms with Crippen molar-refractivity contribution in [3.05, 3.63) is 60.2 Å². The molecular weight excluding hydrogens is 399 g/mol. The largest absolute Gasteiger partial charge is 0.368 e. The highest BCUT2D eigenvalue weighted by atomic mass is 19.1. The first-order valence-corrected chi connectivity index (χ1v) is 10.1. The number of anilines is 1. The molecule has 160 valence electrons. The summed E-state index contributed by atoms with van der Waals surface area (Å²) in [4.78, 5) is 29.5. The smallest absolute Gasteiger partial charge is 0.268 e. The number of para-hydroxylation sites is 2. The van der Waals surface area contributed by atoms with Crippen LogP contribution >= 0.6 is 0 Å². The number of hydrogen-bond acceptors (Lipinski definition) is 5. The lowest BCUT2D eigenvalue weighted by molar-refractivity contribution is -0.119. The molecule has 1 aromatic heterocycles. The van der Waals surface area contributed by atoms with Gasteiger partial charge in [0.05, 0.1) is 22.8 Å². The van der Waals surface area contributed by atoms with Gasteiger partial charge in [-0.3, -0.25) is 14.6 Å². The second-order valence-corrected chi connectivity index (χ2v) is 7.39. The minimum Gasteiger partial charge on any atom is -0.368 e. The summed E-state index contributed by atoms with van der Waals surface area (Å²) in [6, 6.07) is 12.1. The van der Waals surface area contributed by atoms with Crippen LogP contribution in [0.15, 0.2) is 53.6 Å². The molecule has 0 saturated heterocycles. The topological polar surface area (TPSA) is 106 Å². The van der Waals surface area contributed by atoms with Crippen LogP contribution in [0.25, 0.3) is 11.0 Å². The van der Waals surface area contributed by atoms with Crippen molar-refractivity contribution < 1.29 is 14.0 Å². The molecule has 8 nitrogen and oxygen atoms in total. The van der Waals surface area contributed by atoms with E-state index in [2.05, 4.69) is 15.4 Å². The first kappa shape index (κ1) is 20.5. The Hall–Kier alpha value is -3.75. The summed E-state index contributed by atoms with van der Waals surface area (Å²) in [6.45, 7) is 4.58. The van der Waals surface area contributed by atoms with Gasteiger partial charge in [-0.25, -0.2) is 9.37 Å². The van der Waals surface area contributed by atoms with Crippen molar-refractivity contribution in [2.24, 2.45) is 10.8 Å². The quantitative estimate of drug-likeness (QED) is 0.637. The first-order valence-electron chi connectivity index (χ1n) is 10.1. The van der Waals surface area contributed by atoms with E-state index in [0.717, 1.165) is 16.9 Å². The lowest BCUT2D eigenvalue weighted by atomic mass is 10.1. The Kier molecular flexibility index (Phi) is 5.41. The van der Waals surface area contributed by atoms with Gasteiger partial charge in [0.15, 0.2) is 0 Å². The summed E-state index contributed by atoms with van der Waals surface area (Å²) in [5.74, 6) is -0.694. The molecule has 2 atom stereocenters. The van der Waals surface area contributed by atoms with Crippen molar-refractivity contribution in [3.63, 3.8) is 0 Å². The van der Waals surface area contributed by atoms with Gasteiger partial charge >= 0.3 is 0 Å². The number of amides is 2. The van der Waals surface area contributed by atoms with Crippen molar-refractivity contribution in [1.29, 1.82) is 0 Å². The lowest BCUT2D eigenvalue weighted by Gasteiger charge is -2.20. The third kappa shape index (κ3) is 3.86. The molecule has 9 heteroatoms. The first-order chi connectivity index (χ1) is 14.9. The number of aromatic nitrogens is 2. The number of nitrogens with two attached hydrogens (primary N) is 1. The zero-order chi connectivity index (χ0) is 22.1. The molecular formula is C22H23FN6O2. The number of nitrogens with zero attached hydrogens (tertiary/aromatic N) is 4. The van der Waals surface area contributed by atoms with Crippen LogP contribution in [0, 0.1) is 5.82 Å². The van der Waals surface area contributed by atoms with Crippen LogP contribution in [0.2, 0.25) is 0 Å². The molecule has 0 spiro atoms. The van der Waals surface area contributed by atoms with Gasteiger partial charge in [0.25, 0.3) is 5.91 Å². The SMILES string of the molecule is CCn1c(C(C)NC(=O)C2=NN(c3ccc(F)cc3)C(C(N)=O)C2)nc2ccccc21. The molecule has 2 aromatic carbocycles. The molecule has 31 heavy (non-hydrogen) atoms. The van der Waals surface area contributed by atoms with Crippen LogP contribution in [0.1, 0.15) is 32.1 Å². The number of carbonyl (C=O) groups is 2. The Bertz CT molecular complexity index is 1170. The number of fused-ring (bicyclic) bond motifs is 1. The Morgan fingerprint density at radius 1 is 1.23 bits per heavy atom. The molecule has 2 unspecified atom stereocenters. The van der Waals surface area contributed by atoms with Gasteiger partial charge in [-0.15, -0.1) is 0 Å². The van der Waals surface area contributed by atoms with Crippen LogP contribution in [-0.2, 0) is 16.1 Å². The summed E-state index contributed by atoms with van der Waals surface area (Å²) < 4.78 is 15.3. The van der Waals surface area contributed by atoms with E-state index in [1.165, 1.54) is 29.3 Å². The highest BCUT2D eigenvalue weighted by Crippen LogP contribution is 2.26. The number of rotatable bonds is 6. The minimum absolute atomic E-state index is 0.0649. The number of benzene rings is 2. The van der Waals surface area contributed by atoms with Crippen LogP contribution in [0.4, 0.5) is 10.1 Å². The molecule has 1 aliphatic heterocycles. The predicted octanol–water partition coefficient (Wildman–Crippen LogP) is 2.49. The van der Waals surface area contributed by atoms with Gasteiger partial charge < -0.3 is 15.6 Å². The van der Waals surface area contributed by atoms with E-state index in [1.807, 2.05) is 42.7 Å². The van der Waals surface area contributed by atoms with Crippen molar-refractivity contribution in [1.82, 2.24) is 14.9 Å². The third-order valence-electron chi connectivity index (χ3n) is 5.33. The molecule has 3 N–H and O–H groups in total. The number of aryl methyl sites for hydroxylation is 1. The highest BCUT2D eigenvalue weighted by molar-refractivity contribution is 6.40. The number of nitrogens with one attached hydrogen (secondary N) is 1. The van der Waals surface area contributed by atoms with Gasteiger partial charge in [0.2, 0.25) is 5.91 Å². The molecule has 3 aromatic rings. The summed E-state index contributed by atoms with van der Waals surface area (Å²) in [6.07, 6.45) is 0.0649. The van der Waals surface area contributed by atoms with Crippen LogP contribution in [0.5, 0.6) is 0 Å². The molecule has 0 bridgehead atoms. The highest BCUT2D eigenvalue weighted by Gasteiger charge is 2.35. The van der Waals surface area contributed by atoms with Gasteiger partial charge in [-0.2, -0.15) is 5.10 Å². The monoisotopic (exact) mass is 422 g/mol.